The summed E-state index contributed by atoms with van der Waals surface area (Å²) in [5.74, 6) is 1.18. The van der Waals surface area contributed by atoms with Gasteiger partial charge in [0.1, 0.15) is 29.2 Å². The van der Waals surface area contributed by atoms with Gasteiger partial charge in [-0.3, -0.25) is 9.36 Å². The molecule has 0 N–H and O–H groups in total. The zero-order valence-corrected chi connectivity index (χ0v) is 19.5. The summed E-state index contributed by atoms with van der Waals surface area (Å²) in [5.41, 5.74) is 1.94. The Morgan fingerprint density at radius 3 is 2.57 bits per heavy atom. The van der Waals surface area contributed by atoms with Crippen LogP contribution in [0.4, 0.5) is 0 Å². The Morgan fingerprint density at radius 1 is 1.03 bits per heavy atom. The van der Waals surface area contributed by atoms with Gasteiger partial charge in [0.25, 0.3) is 5.56 Å². The fourth-order valence-electron chi connectivity index (χ4n) is 3.84. The van der Waals surface area contributed by atoms with Gasteiger partial charge in [0.05, 0.1) is 37.5 Å². The molecule has 178 valence electrons. The summed E-state index contributed by atoms with van der Waals surface area (Å²) < 4.78 is 14.8. The summed E-state index contributed by atoms with van der Waals surface area (Å²) in [5, 5.41) is 9.07. The number of methoxy groups -OCH3 is 1. The number of ether oxygens (including phenoxy) is 2. The molecule has 0 atom stereocenters. The number of aromatic nitrogens is 7. The summed E-state index contributed by atoms with van der Waals surface area (Å²) in [6, 6.07) is 10.6. The summed E-state index contributed by atoms with van der Waals surface area (Å²) >= 11 is 0. The summed E-state index contributed by atoms with van der Waals surface area (Å²) in [7, 11) is 1.60. The van der Waals surface area contributed by atoms with Gasteiger partial charge in [0.15, 0.2) is 5.65 Å². The second-order valence-corrected chi connectivity index (χ2v) is 7.97. The van der Waals surface area contributed by atoms with Crippen LogP contribution in [0.15, 0.2) is 58.5 Å². The first-order chi connectivity index (χ1) is 17.0. The molecule has 0 aliphatic heterocycles. The van der Waals surface area contributed by atoms with E-state index in [0.717, 1.165) is 17.7 Å². The molecule has 1 aromatic carbocycles. The Balaban J connectivity index is 1.65. The Kier molecular flexibility index (Phi) is 5.73. The molecule has 4 heterocycles. The van der Waals surface area contributed by atoms with Crippen LogP contribution < -0.4 is 20.7 Å². The number of nitrogens with zero attached hydrogens (tertiary/aromatic N) is 7. The van der Waals surface area contributed by atoms with E-state index >= 15 is 0 Å². The van der Waals surface area contributed by atoms with Crippen molar-refractivity contribution >= 4 is 16.7 Å². The summed E-state index contributed by atoms with van der Waals surface area (Å²) in [6.45, 7) is 4.53. The zero-order chi connectivity index (χ0) is 24.5. The van der Waals surface area contributed by atoms with Crippen LogP contribution in [-0.4, -0.2) is 47.6 Å². The van der Waals surface area contributed by atoms with E-state index in [2.05, 4.69) is 20.2 Å². The highest BCUT2D eigenvalue weighted by Gasteiger charge is 2.16. The fourth-order valence-corrected chi connectivity index (χ4v) is 3.84. The average molecular weight is 473 g/mol. The van der Waals surface area contributed by atoms with Crippen molar-refractivity contribution in [3.05, 3.63) is 81.0 Å². The van der Waals surface area contributed by atoms with Crippen molar-refractivity contribution in [2.24, 2.45) is 0 Å². The highest BCUT2D eigenvalue weighted by Crippen LogP contribution is 2.20. The fraction of sp³-hybridized carbons (Fsp3) is 0.250. The predicted molar refractivity (Wildman–Crippen MR) is 129 cm³/mol. The van der Waals surface area contributed by atoms with Gasteiger partial charge in [-0.2, -0.15) is 19.4 Å². The maximum absolute atomic E-state index is 13.2. The topological polar surface area (TPSA) is 118 Å². The maximum atomic E-state index is 13.2. The lowest BCUT2D eigenvalue weighted by molar-refractivity contribution is 0.311. The minimum Gasteiger partial charge on any atom is -0.497 e. The monoisotopic (exact) mass is 473 g/mol. The van der Waals surface area contributed by atoms with E-state index in [9.17, 15) is 9.59 Å². The number of hydrogen-bond acceptors (Lipinski definition) is 8. The third-order valence-electron chi connectivity index (χ3n) is 5.58. The van der Waals surface area contributed by atoms with Crippen LogP contribution in [0.1, 0.15) is 24.6 Å². The molecule has 0 saturated heterocycles. The Morgan fingerprint density at radius 2 is 1.83 bits per heavy atom. The molecular weight excluding hydrogens is 450 g/mol. The lowest BCUT2D eigenvalue weighted by atomic mass is 10.2. The number of pyridine rings is 1. The minimum atomic E-state index is -0.371. The standard InChI is InChI=1S/C24H23N7O4/c1-4-9-35-20-11-21(32)30(28-15(20)2)17-10-19-22(25-12-17)29(24(33)31-23(19)26-14-27-31)13-16-5-7-18(34-3)8-6-16/h5-8,10-12,14H,4,9,13H2,1-3H3. The van der Waals surface area contributed by atoms with Crippen LogP contribution in [0.2, 0.25) is 0 Å². The minimum absolute atomic E-state index is 0.266. The first kappa shape index (κ1) is 22.3. The van der Waals surface area contributed by atoms with Crippen molar-refractivity contribution in [1.29, 1.82) is 0 Å². The van der Waals surface area contributed by atoms with Crippen molar-refractivity contribution < 1.29 is 9.47 Å². The van der Waals surface area contributed by atoms with E-state index in [4.69, 9.17) is 9.47 Å². The van der Waals surface area contributed by atoms with Gasteiger partial charge >= 0.3 is 5.69 Å². The number of fused-ring (bicyclic) bond motifs is 3. The van der Waals surface area contributed by atoms with E-state index in [0.29, 0.717) is 40.4 Å². The molecule has 0 radical (unpaired) electrons. The van der Waals surface area contributed by atoms with Gasteiger partial charge in [-0.25, -0.2) is 14.8 Å². The molecule has 0 fully saturated rings. The van der Waals surface area contributed by atoms with Gasteiger partial charge < -0.3 is 9.47 Å². The first-order valence-corrected chi connectivity index (χ1v) is 11.1. The average Bonchev–Trinajstić information content (AvgIpc) is 3.37. The van der Waals surface area contributed by atoms with Gasteiger partial charge in [-0.15, -0.1) is 0 Å². The largest absolute Gasteiger partial charge is 0.497 e. The van der Waals surface area contributed by atoms with Crippen molar-refractivity contribution in [3.63, 3.8) is 0 Å². The van der Waals surface area contributed by atoms with Crippen LogP contribution >= 0.6 is 0 Å². The van der Waals surface area contributed by atoms with Gasteiger partial charge in [0.2, 0.25) is 0 Å². The van der Waals surface area contributed by atoms with Crippen molar-refractivity contribution in [2.75, 3.05) is 13.7 Å². The predicted octanol–water partition coefficient (Wildman–Crippen LogP) is 2.14. The molecule has 0 amide bonds. The van der Waals surface area contributed by atoms with Crippen molar-refractivity contribution in [2.45, 2.75) is 26.8 Å². The number of benzene rings is 1. The van der Waals surface area contributed by atoms with Crippen LogP contribution in [-0.2, 0) is 6.54 Å². The molecule has 0 saturated carbocycles. The zero-order valence-electron chi connectivity index (χ0n) is 19.5. The second kappa shape index (κ2) is 9.01. The molecule has 0 aliphatic rings. The van der Waals surface area contributed by atoms with E-state index in [1.54, 1.807) is 20.1 Å². The molecule has 5 rings (SSSR count). The molecule has 0 unspecified atom stereocenters. The van der Waals surface area contributed by atoms with Crippen LogP contribution in [0.25, 0.3) is 22.4 Å². The van der Waals surface area contributed by atoms with Gasteiger partial charge in [-0.1, -0.05) is 19.1 Å². The molecule has 4 aromatic heterocycles. The number of rotatable bonds is 7. The van der Waals surface area contributed by atoms with E-state index in [-0.39, 0.29) is 17.8 Å². The van der Waals surface area contributed by atoms with Crippen LogP contribution in [0.3, 0.4) is 0 Å². The Bertz CT molecular complexity index is 1650. The SMILES string of the molecule is CCCOc1cc(=O)n(-c2cnc3c(c2)c2ncnn2c(=O)n3Cc2ccc(OC)cc2)nc1C. The molecule has 11 heteroatoms. The van der Waals surface area contributed by atoms with E-state index < -0.39 is 0 Å². The summed E-state index contributed by atoms with van der Waals surface area (Å²) in [4.78, 5) is 34.8. The molecular formula is C24H23N7O4. The maximum Gasteiger partial charge on any atom is 0.352 e. The number of hydrogen-bond donors (Lipinski definition) is 0. The third kappa shape index (κ3) is 4.01. The Hall–Kier alpha value is -4.54. The van der Waals surface area contributed by atoms with E-state index in [1.165, 1.54) is 32.4 Å². The lowest BCUT2D eigenvalue weighted by Crippen LogP contribution is -2.29. The van der Waals surface area contributed by atoms with Crippen molar-refractivity contribution in [3.8, 4) is 17.2 Å². The highest BCUT2D eigenvalue weighted by molar-refractivity contribution is 5.90. The molecule has 0 aliphatic carbocycles. The lowest BCUT2D eigenvalue weighted by Gasteiger charge is -2.13. The van der Waals surface area contributed by atoms with Gasteiger partial charge in [0, 0.05) is 6.07 Å². The molecule has 35 heavy (non-hydrogen) atoms. The molecule has 0 spiro atoms. The van der Waals surface area contributed by atoms with E-state index in [1.807, 2.05) is 31.2 Å². The number of aryl methyl sites for hydroxylation is 1. The van der Waals surface area contributed by atoms with Crippen molar-refractivity contribution in [1.82, 2.24) is 33.9 Å². The smallest absolute Gasteiger partial charge is 0.352 e. The highest BCUT2D eigenvalue weighted by atomic mass is 16.5. The normalized spacial score (nSPS) is 11.3. The quantitative estimate of drug-likeness (QED) is 0.353. The summed E-state index contributed by atoms with van der Waals surface area (Å²) in [6.07, 6.45) is 3.65. The second-order valence-electron chi connectivity index (χ2n) is 7.97. The molecule has 11 nitrogen and oxygen atoms in total. The van der Waals surface area contributed by atoms with Crippen LogP contribution in [0, 0.1) is 6.92 Å². The Labute approximate surface area is 199 Å². The van der Waals surface area contributed by atoms with Gasteiger partial charge in [-0.05, 0) is 37.1 Å². The first-order valence-electron chi connectivity index (χ1n) is 11.1. The molecule has 5 aromatic rings. The molecule has 0 bridgehead atoms. The van der Waals surface area contributed by atoms with Crippen LogP contribution in [0.5, 0.6) is 11.5 Å². The third-order valence-corrected chi connectivity index (χ3v) is 5.58.